The minimum atomic E-state index is -2.40. The number of ketones is 1. The molecule has 0 radical (unpaired) electrons. The second kappa shape index (κ2) is 18.5. The van der Waals surface area contributed by atoms with Crippen LogP contribution in [-0.2, 0) is 45.8 Å². The fourth-order valence-electron chi connectivity index (χ4n) is 6.00. The number of ether oxygens (including phenoxy) is 1. The lowest BCUT2D eigenvalue weighted by atomic mass is 9.81. The maximum atomic E-state index is 14.6. The van der Waals surface area contributed by atoms with Gasteiger partial charge < -0.3 is 33.9 Å². The highest BCUT2D eigenvalue weighted by atomic mass is 32.2. The van der Waals surface area contributed by atoms with Crippen molar-refractivity contribution >= 4 is 75.1 Å². The zero-order valence-corrected chi connectivity index (χ0v) is 33.8. The normalized spacial score (nSPS) is 24.4. The Hall–Kier alpha value is -5.08. The van der Waals surface area contributed by atoms with E-state index in [1.807, 2.05) is 0 Å². The molecule has 2 aliphatic rings. The molecule has 2 aromatic heterocycles. The molecule has 1 fully saturated rings. The third-order valence-electron chi connectivity index (χ3n) is 9.31. The predicted octanol–water partition coefficient (Wildman–Crippen LogP) is 3.24. The molecule has 3 aromatic rings. The largest absolute Gasteiger partial charge is 0.592 e. The predicted molar refractivity (Wildman–Crippen MR) is 210 cm³/mol. The van der Waals surface area contributed by atoms with Gasteiger partial charge in [0, 0.05) is 17.4 Å². The van der Waals surface area contributed by atoms with Gasteiger partial charge in [-0.3, -0.25) is 28.8 Å². The number of esters is 1. The number of thioether (sulfide) groups is 1. The molecule has 0 aliphatic carbocycles. The summed E-state index contributed by atoms with van der Waals surface area (Å²) in [5.74, 6) is -4.32. The third-order valence-corrected chi connectivity index (χ3v) is 13.7. The van der Waals surface area contributed by atoms with Gasteiger partial charge in [-0.1, -0.05) is 47.7 Å². The van der Waals surface area contributed by atoms with Gasteiger partial charge in [0.25, 0.3) is 11.8 Å². The van der Waals surface area contributed by atoms with Gasteiger partial charge in [0.1, 0.15) is 23.4 Å². The fraction of sp³-hybridized carbons (Fsp3) is 0.368. The molecular formula is C38H40N4O12S3. The van der Waals surface area contributed by atoms with Crippen LogP contribution >= 0.6 is 23.1 Å². The molecule has 2 aliphatic heterocycles. The summed E-state index contributed by atoms with van der Waals surface area (Å²) in [7, 11) is 0. The van der Waals surface area contributed by atoms with Crippen LogP contribution in [0.4, 0.5) is 0 Å². The summed E-state index contributed by atoms with van der Waals surface area (Å²) < 4.78 is 29.2. The van der Waals surface area contributed by atoms with Gasteiger partial charge in [0.05, 0.1) is 35.8 Å². The van der Waals surface area contributed by atoms with Crippen molar-refractivity contribution in [2.24, 2.45) is 0 Å². The van der Waals surface area contributed by atoms with E-state index < -0.39 is 93.8 Å². The molecule has 16 nitrogen and oxygen atoms in total. The number of aryl methyl sites for hydroxylation is 1. The Kier molecular flexibility index (Phi) is 13.9. The number of hydrogen-bond donors (Lipinski definition) is 3. The fourth-order valence-corrected chi connectivity index (χ4v) is 9.94. The van der Waals surface area contributed by atoms with Gasteiger partial charge in [-0.25, -0.2) is 9.78 Å². The van der Waals surface area contributed by atoms with Crippen molar-refractivity contribution < 1.29 is 52.0 Å². The van der Waals surface area contributed by atoms with E-state index in [1.54, 1.807) is 61.7 Å². The Labute approximate surface area is 338 Å². The number of nitrogens with zero attached hydrogens (tertiary/aromatic N) is 2. The van der Waals surface area contributed by atoms with E-state index in [9.17, 15) is 43.2 Å². The van der Waals surface area contributed by atoms with Gasteiger partial charge in [0.15, 0.2) is 28.0 Å². The smallest absolute Gasteiger partial charge is 0.519 e. The zero-order chi connectivity index (χ0) is 41.5. The standard InChI is InChI=1S/C38H40N4O12S3/c1-22-14-15-38(37(4,50)35(48)56-21-29-24(3)52-36(49)54-29)17-31(45)42(57(38)51)23(2)34-41-26(20-55-34)12-8-9-13-27(43)28(16-22)53-32(46)19-39-30(44)18-40-33(47)25-10-6-5-7-11-25/h5-13,16,20,23,28,50H,14-15,17-19,21H2,1-4H3,(H,39,44)(H,40,47)/b12-8+,13-9+,22-16+/t23-,28-,37+,38-,57?/m1/s1. The Morgan fingerprint density at radius 1 is 1.11 bits per heavy atom. The highest BCUT2D eigenvalue weighted by molar-refractivity contribution is 8.13. The van der Waals surface area contributed by atoms with E-state index >= 15 is 0 Å². The molecule has 19 heteroatoms. The average Bonchev–Trinajstić information content (AvgIpc) is 3.86. The number of fused-ring (bicyclic) bond motifs is 4. The summed E-state index contributed by atoms with van der Waals surface area (Å²) in [6, 6.07) is 7.41. The van der Waals surface area contributed by atoms with Crippen molar-refractivity contribution in [2.45, 2.75) is 75.2 Å². The number of allylic oxidation sites excluding steroid dienone is 3. The summed E-state index contributed by atoms with van der Waals surface area (Å²) in [6.07, 6.45) is 4.92. The van der Waals surface area contributed by atoms with E-state index in [1.165, 1.54) is 43.4 Å². The molecule has 1 saturated heterocycles. The summed E-state index contributed by atoms with van der Waals surface area (Å²) >= 11 is -0.504. The maximum Gasteiger partial charge on any atom is 0.519 e. The first-order chi connectivity index (χ1) is 27.0. The summed E-state index contributed by atoms with van der Waals surface area (Å²) in [5.41, 5.74) is -1.16. The van der Waals surface area contributed by atoms with Crippen LogP contribution in [-0.4, -0.2) is 83.1 Å². The molecule has 302 valence electrons. The van der Waals surface area contributed by atoms with Crippen LogP contribution in [0, 0.1) is 6.92 Å². The summed E-state index contributed by atoms with van der Waals surface area (Å²) in [6.45, 7) is 4.85. The topological polar surface area (TPSA) is 238 Å². The molecule has 5 atom stereocenters. The monoisotopic (exact) mass is 840 g/mol. The SMILES string of the molecule is C/C1=C\[C@@H](OC(=O)CNC(=O)CNC(=O)c2ccccc2)C(=O)/C=C/C=C/c2csc(n2)[C@@H](C)N2C(=O)C[C@@]([C@@](C)(O)C(=O)SCc3oc(=O)oc3C)(CC1)[S+]2[O-]. The first kappa shape index (κ1) is 43.1. The number of thiazole rings is 1. The van der Waals surface area contributed by atoms with Crippen LogP contribution < -0.4 is 16.5 Å². The number of hydrogen-bond acceptors (Lipinski definition) is 15. The Bertz CT molecular complexity index is 2170. The lowest BCUT2D eigenvalue weighted by Crippen LogP contribution is -2.60. The van der Waals surface area contributed by atoms with Crippen molar-refractivity contribution in [1.82, 2.24) is 19.9 Å². The minimum Gasteiger partial charge on any atom is -0.592 e. The average molecular weight is 841 g/mol. The molecule has 3 amide bonds. The number of rotatable bonds is 10. The third kappa shape index (κ3) is 10.1. The molecule has 0 spiro atoms. The summed E-state index contributed by atoms with van der Waals surface area (Å²) in [5, 5.41) is 18.2. The van der Waals surface area contributed by atoms with Crippen LogP contribution in [0.5, 0.6) is 0 Å². The molecule has 57 heavy (non-hydrogen) atoms. The van der Waals surface area contributed by atoms with E-state index in [0.717, 1.165) is 4.31 Å². The zero-order valence-electron chi connectivity index (χ0n) is 31.3. The van der Waals surface area contributed by atoms with Crippen molar-refractivity contribution in [1.29, 1.82) is 0 Å². The van der Waals surface area contributed by atoms with Crippen molar-refractivity contribution in [3.63, 3.8) is 0 Å². The minimum absolute atomic E-state index is 0.0186. The van der Waals surface area contributed by atoms with E-state index in [-0.39, 0.29) is 30.1 Å². The van der Waals surface area contributed by atoms with Crippen LogP contribution in [0.25, 0.3) is 6.08 Å². The molecule has 3 N–H and O–H groups in total. The van der Waals surface area contributed by atoms with Crippen LogP contribution in [0.15, 0.2) is 79.2 Å². The van der Waals surface area contributed by atoms with Gasteiger partial charge in [-0.05, 0) is 64.5 Å². The van der Waals surface area contributed by atoms with Crippen LogP contribution in [0.1, 0.15) is 78.7 Å². The Morgan fingerprint density at radius 2 is 1.82 bits per heavy atom. The lowest BCUT2D eigenvalue weighted by molar-refractivity contribution is -0.150. The second-order valence-electron chi connectivity index (χ2n) is 13.4. The molecular weight excluding hydrogens is 801 g/mol. The number of aliphatic hydroxyl groups is 1. The highest BCUT2D eigenvalue weighted by Gasteiger charge is 2.69. The van der Waals surface area contributed by atoms with Gasteiger partial charge in [-0.15, -0.1) is 11.3 Å². The van der Waals surface area contributed by atoms with E-state index in [4.69, 9.17) is 13.6 Å². The number of amides is 3. The van der Waals surface area contributed by atoms with Crippen molar-refractivity contribution in [2.75, 3.05) is 13.1 Å². The highest BCUT2D eigenvalue weighted by Crippen LogP contribution is 2.50. The van der Waals surface area contributed by atoms with Crippen LogP contribution in [0.3, 0.4) is 0 Å². The van der Waals surface area contributed by atoms with Gasteiger partial charge in [-0.2, -0.15) is 4.31 Å². The Morgan fingerprint density at radius 3 is 2.53 bits per heavy atom. The number of aromatic nitrogens is 1. The number of nitrogens with one attached hydrogen (secondary N) is 2. The van der Waals surface area contributed by atoms with Crippen molar-refractivity contribution in [3.05, 3.63) is 104 Å². The van der Waals surface area contributed by atoms with Crippen molar-refractivity contribution in [3.8, 4) is 0 Å². The quantitative estimate of drug-likeness (QED) is 0.151. The number of carbonyl (C=O) groups is 6. The van der Waals surface area contributed by atoms with Gasteiger partial charge in [0.2, 0.25) is 11.0 Å². The molecule has 1 unspecified atom stereocenters. The Balaban J connectivity index is 1.38. The lowest BCUT2D eigenvalue weighted by Gasteiger charge is -2.40. The molecule has 0 saturated carbocycles. The first-order valence-electron chi connectivity index (χ1n) is 17.6. The van der Waals surface area contributed by atoms with Crippen LogP contribution in [0.2, 0.25) is 0 Å². The maximum absolute atomic E-state index is 14.6. The molecule has 4 heterocycles. The number of carbonyl (C=O) groups excluding carboxylic acids is 6. The second-order valence-corrected chi connectivity index (χ2v) is 16.9. The summed E-state index contributed by atoms with van der Waals surface area (Å²) in [4.78, 5) is 94.7. The van der Waals surface area contributed by atoms with E-state index in [0.29, 0.717) is 33.6 Å². The number of benzene rings is 1. The molecule has 5 rings (SSSR count). The van der Waals surface area contributed by atoms with Gasteiger partial charge >= 0.3 is 11.8 Å². The molecule has 4 bridgehead atoms. The molecule has 1 aromatic carbocycles. The van der Waals surface area contributed by atoms with E-state index in [2.05, 4.69) is 15.6 Å². The first-order valence-corrected chi connectivity index (χ1v) is 20.5.